The molecule has 0 saturated carbocycles. The number of amides is 2. The minimum atomic E-state index is -0.0840. The molecule has 1 aromatic heterocycles. The number of aromatic amines is 1. The van der Waals surface area contributed by atoms with Gasteiger partial charge in [-0.15, -0.1) is 0 Å². The topological polar surface area (TPSA) is 61.0 Å². The molecule has 1 fully saturated rings. The summed E-state index contributed by atoms with van der Waals surface area (Å²) in [4.78, 5) is 14.2. The number of hydrogen-bond acceptors (Lipinski definition) is 2. The number of nitrogens with zero attached hydrogens (tertiary/aromatic N) is 2. The highest BCUT2D eigenvalue weighted by atomic mass is 35.5. The number of rotatable bonds is 2. The van der Waals surface area contributed by atoms with Crippen LogP contribution >= 0.6 is 11.6 Å². The van der Waals surface area contributed by atoms with Crippen molar-refractivity contribution >= 4 is 23.3 Å². The second kappa shape index (κ2) is 6.40. The molecule has 0 aliphatic carbocycles. The van der Waals surface area contributed by atoms with Crippen LogP contribution in [0.25, 0.3) is 0 Å². The molecular weight excluding hydrogens is 300 g/mol. The summed E-state index contributed by atoms with van der Waals surface area (Å²) >= 11 is 6.16. The number of piperidine rings is 1. The van der Waals surface area contributed by atoms with E-state index in [9.17, 15) is 4.79 Å². The summed E-state index contributed by atoms with van der Waals surface area (Å²) in [5.74, 6) is 0.452. The monoisotopic (exact) mass is 318 g/mol. The Bertz CT molecular complexity index is 628. The number of hydrogen-bond donors (Lipinski definition) is 2. The van der Waals surface area contributed by atoms with Crippen LogP contribution in [0.15, 0.2) is 30.5 Å². The summed E-state index contributed by atoms with van der Waals surface area (Å²) < 4.78 is 0. The van der Waals surface area contributed by atoms with E-state index in [1.54, 1.807) is 12.3 Å². The third-order valence-electron chi connectivity index (χ3n) is 4.20. The Kier molecular flexibility index (Phi) is 4.34. The number of halogens is 1. The fourth-order valence-corrected chi connectivity index (χ4v) is 3.13. The quantitative estimate of drug-likeness (QED) is 0.885. The predicted molar refractivity (Wildman–Crippen MR) is 87.3 cm³/mol. The lowest BCUT2D eigenvalue weighted by Crippen LogP contribution is -2.40. The van der Waals surface area contributed by atoms with Crippen molar-refractivity contribution in [2.75, 3.05) is 18.4 Å². The van der Waals surface area contributed by atoms with Crippen LogP contribution in [0.4, 0.5) is 10.5 Å². The molecule has 5 nitrogen and oxygen atoms in total. The second-order valence-electron chi connectivity index (χ2n) is 5.64. The van der Waals surface area contributed by atoms with Crippen molar-refractivity contribution in [2.45, 2.75) is 25.7 Å². The summed E-state index contributed by atoms with van der Waals surface area (Å²) in [7, 11) is 0. The van der Waals surface area contributed by atoms with Crippen LogP contribution in [0, 0.1) is 6.92 Å². The van der Waals surface area contributed by atoms with Gasteiger partial charge in [0.15, 0.2) is 0 Å². The highest BCUT2D eigenvalue weighted by molar-refractivity contribution is 6.33. The lowest BCUT2D eigenvalue weighted by molar-refractivity contribution is 0.194. The van der Waals surface area contributed by atoms with Crippen LogP contribution in [0.2, 0.25) is 5.02 Å². The third-order valence-corrected chi connectivity index (χ3v) is 4.51. The Morgan fingerprint density at radius 3 is 2.77 bits per heavy atom. The van der Waals surface area contributed by atoms with Crippen LogP contribution in [0.3, 0.4) is 0 Å². The standard InChI is InChI=1S/C16H19ClN4O/c1-11-3-2-4-13(17)15(11)19-16(22)21-9-6-12(7-10-21)14-5-8-18-20-14/h2-5,8,12H,6-7,9-10H2,1H3,(H,18,20)(H,19,22). The molecule has 0 radical (unpaired) electrons. The van der Waals surface area contributed by atoms with Gasteiger partial charge >= 0.3 is 6.03 Å². The zero-order valence-electron chi connectivity index (χ0n) is 12.5. The van der Waals surface area contributed by atoms with Crippen LogP contribution < -0.4 is 5.32 Å². The van der Waals surface area contributed by atoms with Crippen molar-refractivity contribution in [3.8, 4) is 0 Å². The van der Waals surface area contributed by atoms with Gasteiger partial charge in [0.05, 0.1) is 10.7 Å². The Labute approximate surface area is 134 Å². The number of aromatic nitrogens is 2. The average Bonchev–Trinajstić information content (AvgIpc) is 3.05. The zero-order valence-corrected chi connectivity index (χ0v) is 13.2. The van der Waals surface area contributed by atoms with Crippen molar-refractivity contribution in [1.29, 1.82) is 0 Å². The largest absolute Gasteiger partial charge is 0.324 e. The van der Waals surface area contributed by atoms with E-state index in [1.807, 2.05) is 30.0 Å². The summed E-state index contributed by atoms with van der Waals surface area (Å²) in [5.41, 5.74) is 2.82. The molecule has 1 aromatic carbocycles. The highest BCUT2D eigenvalue weighted by Crippen LogP contribution is 2.28. The Balaban J connectivity index is 1.60. The van der Waals surface area contributed by atoms with Gasteiger partial charge in [0, 0.05) is 30.9 Å². The van der Waals surface area contributed by atoms with Crippen molar-refractivity contribution in [3.05, 3.63) is 46.7 Å². The van der Waals surface area contributed by atoms with E-state index in [0.717, 1.165) is 37.2 Å². The van der Waals surface area contributed by atoms with Crippen LogP contribution in [-0.2, 0) is 0 Å². The van der Waals surface area contributed by atoms with E-state index in [1.165, 1.54) is 0 Å². The maximum absolute atomic E-state index is 12.4. The number of anilines is 1. The first-order valence-electron chi connectivity index (χ1n) is 7.45. The van der Waals surface area contributed by atoms with Gasteiger partial charge in [0.25, 0.3) is 0 Å². The predicted octanol–water partition coefficient (Wildman–Crippen LogP) is 3.78. The van der Waals surface area contributed by atoms with Gasteiger partial charge in [-0.05, 0) is 37.5 Å². The Hall–Kier alpha value is -2.01. The molecule has 2 amide bonds. The van der Waals surface area contributed by atoms with Gasteiger partial charge < -0.3 is 10.2 Å². The maximum Gasteiger partial charge on any atom is 0.321 e. The maximum atomic E-state index is 12.4. The van der Waals surface area contributed by atoms with Gasteiger partial charge in [0.1, 0.15) is 0 Å². The number of carbonyl (C=O) groups is 1. The molecule has 1 aliphatic rings. The van der Waals surface area contributed by atoms with Gasteiger partial charge in [-0.2, -0.15) is 5.10 Å². The van der Waals surface area contributed by atoms with E-state index in [4.69, 9.17) is 11.6 Å². The molecule has 3 rings (SSSR count). The lowest BCUT2D eigenvalue weighted by Gasteiger charge is -2.31. The molecule has 2 heterocycles. The molecule has 0 bridgehead atoms. The van der Waals surface area contributed by atoms with Crippen molar-refractivity contribution in [3.63, 3.8) is 0 Å². The number of H-pyrrole nitrogens is 1. The molecule has 2 N–H and O–H groups in total. The number of aryl methyl sites for hydroxylation is 1. The highest BCUT2D eigenvalue weighted by Gasteiger charge is 2.25. The minimum absolute atomic E-state index is 0.0840. The SMILES string of the molecule is Cc1cccc(Cl)c1NC(=O)N1CCC(c2ccn[nH]2)CC1. The fraction of sp³-hybridized carbons (Fsp3) is 0.375. The number of urea groups is 1. The zero-order chi connectivity index (χ0) is 15.5. The first-order chi connectivity index (χ1) is 10.6. The molecule has 1 aliphatic heterocycles. The molecule has 1 saturated heterocycles. The van der Waals surface area contributed by atoms with E-state index < -0.39 is 0 Å². The number of carbonyl (C=O) groups excluding carboxylic acids is 1. The molecule has 22 heavy (non-hydrogen) atoms. The van der Waals surface area contributed by atoms with Gasteiger partial charge in [-0.25, -0.2) is 4.79 Å². The summed E-state index contributed by atoms with van der Waals surface area (Å²) in [6.45, 7) is 3.41. The summed E-state index contributed by atoms with van der Waals surface area (Å²) in [5, 5.41) is 10.5. The van der Waals surface area contributed by atoms with Crippen molar-refractivity contribution in [2.24, 2.45) is 0 Å². The number of benzene rings is 1. The van der Waals surface area contributed by atoms with E-state index in [2.05, 4.69) is 15.5 Å². The average molecular weight is 319 g/mol. The van der Waals surface area contributed by atoms with Crippen LogP contribution in [-0.4, -0.2) is 34.2 Å². The minimum Gasteiger partial charge on any atom is -0.324 e. The first-order valence-corrected chi connectivity index (χ1v) is 7.83. The molecule has 2 aromatic rings. The Morgan fingerprint density at radius 1 is 1.36 bits per heavy atom. The third kappa shape index (κ3) is 3.09. The molecule has 6 heteroatoms. The number of nitrogens with one attached hydrogen (secondary N) is 2. The normalized spacial score (nSPS) is 15.8. The van der Waals surface area contributed by atoms with Gasteiger partial charge in [-0.3, -0.25) is 5.10 Å². The van der Waals surface area contributed by atoms with Crippen LogP contribution in [0.5, 0.6) is 0 Å². The molecular formula is C16H19ClN4O. The lowest BCUT2D eigenvalue weighted by atomic mass is 9.94. The molecule has 0 atom stereocenters. The summed E-state index contributed by atoms with van der Waals surface area (Å²) in [6, 6.07) is 7.52. The first kappa shape index (κ1) is 14.9. The van der Waals surface area contributed by atoms with Crippen molar-refractivity contribution in [1.82, 2.24) is 15.1 Å². The molecule has 0 unspecified atom stereocenters. The molecule has 116 valence electrons. The number of likely N-dealkylation sites (tertiary alicyclic amines) is 1. The van der Waals surface area contributed by atoms with Crippen LogP contribution in [0.1, 0.15) is 30.0 Å². The van der Waals surface area contributed by atoms with Gasteiger partial charge in [-0.1, -0.05) is 23.7 Å². The smallest absolute Gasteiger partial charge is 0.321 e. The van der Waals surface area contributed by atoms with E-state index >= 15 is 0 Å². The van der Waals surface area contributed by atoms with Crippen molar-refractivity contribution < 1.29 is 4.79 Å². The van der Waals surface area contributed by atoms with E-state index in [-0.39, 0.29) is 6.03 Å². The van der Waals surface area contributed by atoms with Gasteiger partial charge in [0.2, 0.25) is 0 Å². The fourth-order valence-electron chi connectivity index (χ4n) is 2.86. The molecule has 0 spiro atoms. The second-order valence-corrected chi connectivity index (χ2v) is 6.04. The summed E-state index contributed by atoms with van der Waals surface area (Å²) in [6.07, 6.45) is 3.66. The number of para-hydroxylation sites is 1. The van der Waals surface area contributed by atoms with E-state index in [0.29, 0.717) is 16.6 Å². The Morgan fingerprint density at radius 2 is 2.14 bits per heavy atom.